The fourth-order valence-corrected chi connectivity index (χ4v) is 21.9. The summed E-state index contributed by atoms with van der Waals surface area (Å²) in [6.07, 6.45) is 12.4. The molecule has 0 atom stereocenters. The summed E-state index contributed by atoms with van der Waals surface area (Å²) in [5.41, 5.74) is 65.4. The lowest BCUT2D eigenvalue weighted by atomic mass is 9.82. The molecule has 0 bridgehead atoms. The Kier molecular flexibility index (Phi) is 38.6. The highest BCUT2D eigenvalue weighted by Crippen LogP contribution is 2.61. The highest BCUT2D eigenvalue weighted by Gasteiger charge is 2.41. The predicted octanol–water partition coefficient (Wildman–Crippen LogP) is 39.7. The third-order valence-electron chi connectivity index (χ3n) is 26.1. The van der Waals surface area contributed by atoms with Crippen LogP contribution in [0.1, 0.15) is 341 Å². The summed E-state index contributed by atoms with van der Waals surface area (Å²) in [7, 11) is 0. The van der Waals surface area contributed by atoms with Gasteiger partial charge < -0.3 is 14.7 Å². The van der Waals surface area contributed by atoms with Gasteiger partial charge in [-0.05, 0) is 281 Å². The van der Waals surface area contributed by atoms with E-state index in [0.717, 1.165) is 77.0 Å². The van der Waals surface area contributed by atoms with E-state index < -0.39 is 0 Å². The molecule has 0 N–H and O–H groups in total. The topological polar surface area (TPSA) is 9.72 Å². The van der Waals surface area contributed by atoms with Crippen molar-refractivity contribution < 1.29 is 0 Å². The van der Waals surface area contributed by atoms with Gasteiger partial charge in [-0.25, -0.2) is 0 Å². The number of benzene rings is 15. The van der Waals surface area contributed by atoms with Crippen LogP contribution in [0.3, 0.4) is 0 Å². The summed E-state index contributed by atoms with van der Waals surface area (Å²) in [6, 6.07) is 104. The molecule has 12 aliphatic rings. The van der Waals surface area contributed by atoms with Crippen LogP contribution in [0, 0.1) is 0 Å². The zero-order chi connectivity index (χ0) is 98.0. The monoisotopic (exact) mass is 1790 g/mol. The molecule has 0 fully saturated rings. The van der Waals surface area contributed by atoms with Gasteiger partial charge in [-0.3, -0.25) is 0 Å². The van der Waals surface area contributed by atoms with E-state index in [4.69, 9.17) is 0 Å². The van der Waals surface area contributed by atoms with Crippen molar-refractivity contribution in [2.24, 2.45) is 0 Å². The average molecular weight is 1790 g/mol. The van der Waals surface area contributed by atoms with E-state index >= 15 is 0 Å². The Morgan fingerprint density at radius 1 is 0.126 bits per heavy atom. The summed E-state index contributed by atoms with van der Waals surface area (Å²) in [6.45, 7) is 60.0. The second-order valence-corrected chi connectivity index (χ2v) is 31.5. The molecule has 0 saturated heterocycles. The summed E-state index contributed by atoms with van der Waals surface area (Å²) in [5.74, 6) is 0. The van der Waals surface area contributed by atoms with Crippen molar-refractivity contribution in [1.29, 1.82) is 0 Å². The number of hydrogen-bond acceptors (Lipinski definition) is 3. The second-order valence-electron chi connectivity index (χ2n) is 31.5. The highest BCUT2D eigenvalue weighted by atomic mass is 15.2. The maximum absolute atomic E-state index is 2.57. The van der Waals surface area contributed by atoms with E-state index in [1.165, 1.54) is 251 Å². The third kappa shape index (κ3) is 18.8. The molecule has 3 heteroatoms. The van der Waals surface area contributed by atoms with Crippen LogP contribution in [0.4, 0.5) is 51.2 Å². The first-order valence-corrected chi connectivity index (χ1v) is 53.2. The number of hydrogen-bond donors (Lipinski definition) is 0. The molecule has 135 heavy (non-hydrogen) atoms. The first-order chi connectivity index (χ1) is 67.0. The smallest absolute Gasteiger partial charge is 0.0532 e. The van der Waals surface area contributed by atoms with E-state index in [1.807, 2.05) is 208 Å². The van der Waals surface area contributed by atoms with Crippen molar-refractivity contribution in [2.45, 2.75) is 285 Å². The van der Waals surface area contributed by atoms with Crippen molar-refractivity contribution in [3.8, 4) is 66.8 Å². The highest BCUT2D eigenvalue weighted by molar-refractivity contribution is 6.03. The van der Waals surface area contributed by atoms with Gasteiger partial charge in [0.2, 0.25) is 0 Å². The van der Waals surface area contributed by atoms with Gasteiger partial charge >= 0.3 is 0 Å². The molecule has 0 unspecified atom stereocenters. The van der Waals surface area contributed by atoms with Gasteiger partial charge in [-0.15, -0.1) is 0 Å². The van der Waals surface area contributed by atoms with Gasteiger partial charge in [0.15, 0.2) is 0 Å². The third-order valence-corrected chi connectivity index (χ3v) is 26.1. The number of para-hydroxylation sites is 6. The Balaban J connectivity index is 0.000000184. The molecule has 0 saturated carbocycles. The summed E-state index contributed by atoms with van der Waals surface area (Å²) < 4.78 is 0. The summed E-state index contributed by atoms with van der Waals surface area (Å²) in [5, 5.41) is 0. The minimum absolute atomic E-state index is 1.01. The molecule has 0 aromatic heterocycles. The lowest BCUT2D eigenvalue weighted by Gasteiger charge is -2.40. The lowest BCUT2D eigenvalue weighted by Crippen LogP contribution is -2.25. The molecule has 702 valence electrons. The lowest BCUT2D eigenvalue weighted by molar-refractivity contribution is 1.01. The molecule has 3 nitrogen and oxygen atoms in total. The van der Waals surface area contributed by atoms with E-state index in [2.05, 4.69) is 288 Å². The van der Waals surface area contributed by atoms with Crippen molar-refractivity contribution in [3.05, 3.63) is 407 Å². The Labute approximate surface area is 818 Å². The van der Waals surface area contributed by atoms with Crippen LogP contribution in [0.2, 0.25) is 0 Å². The van der Waals surface area contributed by atoms with Crippen molar-refractivity contribution in [3.63, 3.8) is 0 Å². The Morgan fingerprint density at radius 2 is 0.363 bits per heavy atom. The number of rotatable bonds is 0. The molecule has 15 aromatic carbocycles. The molecular weight excluding hydrogens is 1630 g/mol. The quantitative estimate of drug-likeness (QED) is 0.150. The van der Waals surface area contributed by atoms with Gasteiger partial charge in [0.05, 0.1) is 34.1 Å². The van der Waals surface area contributed by atoms with Gasteiger partial charge in [0.1, 0.15) is 0 Å². The Morgan fingerprint density at radius 3 is 0.770 bits per heavy atom. The standard InChI is InChI=1S/3C34H23N.15C2H6/c1-3-10-26-20(6-1)18-28-27(26)14-12-22-17-23-13-15-31-29(33(23)32(22)28)19-25-9-5-8-24-16-21-7-2-4-11-30(21)35(31)34(24)25;1-3-10-27-20(6-1)14-25-17-26-16-22-12-13-32-30(33(22)29(26)19-28(25)27)18-24-9-5-8-23-15-21-7-2-4-11-31(21)35(32)34(23)24;1-3-10-27-20(6-1)16-22-12-13-24-18-23-14-15-30-28(32(23)33(24)31(22)27)19-26-9-5-8-25-17-21-7-2-4-11-29(21)35(30)34(25)26;15*1-2/h1-15H,16-19H2;1-13,17,19H,14-16,18H2;1-15H,16-19H2;15*1-2H3. The molecule has 6 aliphatic heterocycles. The Bertz CT molecular complexity index is 6500. The fraction of sp³-hybridized carbons (Fsp3) is 0.318. The molecule has 6 heterocycles. The zero-order valence-corrected chi connectivity index (χ0v) is 88.3. The zero-order valence-electron chi connectivity index (χ0n) is 88.3. The van der Waals surface area contributed by atoms with Crippen molar-refractivity contribution >= 4 is 51.2 Å². The minimum atomic E-state index is 1.01. The minimum Gasteiger partial charge on any atom is -0.309 e. The van der Waals surface area contributed by atoms with E-state index in [-0.39, 0.29) is 0 Å². The molecule has 0 radical (unpaired) electrons. The molecule has 0 amide bonds. The van der Waals surface area contributed by atoms with Crippen LogP contribution in [-0.2, 0) is 77.0 Å². The number of nitrogens with zero attached hydrogens (tertiary/aromatic N) is 3. The van der Waals surface area contributed by atoms with Crippen molar-refractivity contribution in [2.75, 3.05) is 14.7 Å². The van der Waals surface area contributed by atoms with Crippen LogP contribution in [0.5, 0.6) is 0 Å². The second kappa shape index (κ2) is 49.8. The van der Waals surface area contributed by atoms with E-state index in [1.54, 1.807) is 0 Å². The number of fused-ring (bicyclic) bond motifs is 35. The maximum atomic E-state index is 2.57. The average Bonchev–Trinajstić information content (AvgIpc) is 1.68. The first-order valence-electron chi connectivity index (χ1n) is 53.2. The summed E-state index contributed by atoms with van der Waals surface area (Å²) in [4.78, 5) is 7.69. The van der Waals surface area contributed by atoms with Gasteiger partial charge in [-0.1, -0.05) is 438 Å². The fourth-order valence-electron chi connectivity index (χ4n) is 21.9. The first kappa shape index (κ1) is 105. The normalized spacial score (nSPS) is 12.3. The maximum Gasteiger partial charge on any atom is 0.0532 e. The SMILES string of the molecule is CC.CC.CC.CC.CC.CC.CC.CC.CC.CC.CC.CC.CC.CC.CC.c1ccc2c(c1)Cc1c-2ccc2c1-c1c(ccc3c1Cc1cccc4c1N3c1ccccc1C4)C2.c1ccc2c(c1)Cc1cc3c(cc1-2)-c1c(ccc2c1Cc1cccc4c1N2c1ccccc1C4)C3.c1ccc2c(c1)Cc1ccc3c(c1-2)-c1c(ccc2c1Cc1cccc4c1N2c1ccccc1C4)C3. The van der Waals surface area contributed by atoms with Crippen LogP contribution in [-0.4, -0.2) is 0 Å². The summed E-state index contributed by atoms with van der Waals surface area (Å²) >= 11 is 0. The Hall–Kier alpha value is -12.3. The van der Waals surface area contributed by atoms with Crippen LogP contribution < -0.4 is 14.7 Å². The van der Waals surface area contributed by atoms with Crippen molar-refractivity contribution in [1.82, 2.24) is 0 Å². The van der Waals surface area contributed by atoms with Gasteiger partial charge in [-0.2, -0.15) is 0 Å². The molecule has 0 spiro atoms. The molecule has 27 rings (SSSR count). The van der Waals surface area contributed by atoms with E-state index in [9.17, 15) is 0 Å². The van der Waals surface area contributed by atoms with E-state index in [0.29, 0.717) is 0 Å². The van der Waals surface area contributed by atoms with Crippen LogP contribution in [0.25, 0.3) is 66.8 Å². The molecular formula is C132H159N3. The molecule has 6 aliphatic carbocycles. The van der Waals surface area contributed by atoms with Gasteiger partial charge in [0.25, 0.3) is 0 Å². The largest absolute Gasteiger partial charge is 0.309 e. The predicted molar refractivity (Wildman–Crippen MR) is 600 cm³/mol. The van der Waals surface area contributed by atoms with Crippen LogP contribution >= 0.6 is 0 Å². The van der Waals surface area contributed by atoms with Gasteiger partial charge in [0, 0.05) is 55.6 Å². The number of anilines is 9. The molecule has 15 aromatic rings. The van der Waals surface area contributed by atoms with Crippen LogP contribution in [0.15, 0.2) is 273 Å².